The molecule has 4 heteroatoms. The Bertz CT molecular complexity index is 518. The molecule has 0 aliphatic rings. The van der Waals surface area contributed by atoms with Crippen molar-refractivity contribution < 1.29 is 0 Å². The minimum absolute atomic E-state index is 0.165. The van der Waals surface area contributed by atoms with Crippen molar-refractivity contribution in [2.24, 2.45) is 0 Å². The highest BCUT2D eigenvalue weighted by atomic mass is 35.5. The van der Waals surface area contributed by atoms with Gasteiger partial charge in [-0.15, -0.1) is 0 Å². The smallest absolute Gasteiger partial charge is 0.249 e. The van der Waals surface area contributed by atoms with Crippen LogP contribution < -0.4 is 5.56 Å². The maximum Gasteiger partial charge on any atom is 0.249 e. The van der Waals surface area contributed by atoms with Crippen LogP contribution in [-0.2, 0) is 0 Å². The monoisotopic (exact) mass is 194 g/mol. The van der Waals surface area contributed by atoms with Crippen molar-refractivity contribution in [1.82, 2.24) is 9.97 Å². The zero-order valence-electron chi connectivity index (χ0n) is 6.97. The first-order chi connectivity index (χ1) is 6.16. The van der Waals surface area contributed by atoms with Crippen LogP contribution >= 0.6 is 11.6 Å². The molecule has 13 heavy (non-hydrogen) atoms. The second-order valence-electron chi connectivity index (χ2n) is 2.85. The van der Waals surface area contributed by atoms with Gasteiger partial charge in [0.05, 0.1) is 0 Å². The Hall–Kier alpha value is -1.35. The summed E-state index contributed by atoms with van der Waals surface area (Å²) in [6.45, 7) is 1.92. The number of aromatic nitrogens is 2. The number of hydrogen-bond acceptors (Lipinski definition) is 2. The summed E-state index contributed by atoms with van der Waals surface area (Å²) in [6.07, 6.45) is 0. The highest BCUT2D eigenvalue weighted by Gasteiger charge is 2.00. The number of fused-ring (bicyclic) bond motifs is 1. The van der Waals surface area contributed by atoms with E-state index >= 15 is 0 Å². The molecule has 0 fully saturated rings. The van der Waals surface area contributed by atoms with Gasteiger partial charge in [0.1, 0.15) is 10.8 Å². The average Bonchev–Trinajstić information content (AvgIpc) is 2.02. The summed E-state index contributed by atoms with van der Waals surface area (Å²) < 4.78 is 0. The van der Waals surface area contributed by atoms with E-state index in [0.717, 1.165) is 10.9 Å². The summed E-state index contributed by atoms with van der Waals surface area (Å²) >= 11 is 5.74. The van der Waals surface area contributed by atoms with Crippen molar-refractivity contribution in [3.63, 3.8) is 0 Å². The molecule has 3 nitrogen and oxygen atoms in total. The number of hydrogen-bond donors (Lipinski definition) is 1. The van der Waals surface area contributed by atoms with Crippen LogP contribution in [0.1, 0.15) is 5.56 Å². The van der Waals surface area contributed by atoms with Gasteiger partial charge in [0.2, 0.25) is 5.56 Å². The van der Waals surface area contributed by atoms with Gasteiger partial charge < -0.3 is 4.98 Å². The molecule has 0 aliphatic heterocycles. The van der Waals surface area contributed by atoms with Gasteiger partial charge in [-0.1, -0.05) is 11.6 Å². The van der Waals surface area contributed by atoms with Gasteiger partial charge in [0, 0.05) is 11.5 Å². The Labute approximate surface area is 79.4 Å². The molecule has 0 unspecified atom stereocenters. The van der Waals surface area contributed by atoms with Crippen molar-refractivity contribution in [2.45, 2.75) is 6.92 Å². The molecule has 0 spiro atoms. The summed E-state index contributed by atoms with van der Waals surface area (Å²) in [5.74, 6) is 0. The summed E-state index contributed by atoms with van der Waals surface area (Å²) in [5.41, 5.74) is 1.38. The second-order valence-corrected chi connectivity index (χ2v) is 3.23. The molecule has 2 rings (SSSR count). The van der Waals surface area contributed by atoms with E-state index in [4.69, 9.17) is 11.6 Å². The van der Waals surface area contributed by atoms with Crippen molar-refractivity contribution in [3.05, 3.63) is 39.3 Å². The van der Waals surface area contributed by atoms with Gasteiger partial charge in [-0.25, -0.2) is 4.98 Å². The average molecular weight is 195 g/mol. The van der Waals surface area contributed by atoms with Gasteiger partial charge in [-0.05, 0) is 24.6 Å². The van der Waals surface area contributed by atoms with Crippen molar-refractivity contribution in [2.75, 3.05) is 0 Å². The Morgan fingerprint density at radius 2 is 2.23 bits per heavy atom. The summed E-state index contributed by atoms with van der Waals surface area (Å²) in [5, 5.41) is 1.32. The molecule has 2 heterocycles. The highest BCUT2D eigenvalue weighted by molar-refractivity contribution is 6.29. The molecule has 0 bridgehead atoms. The summed E-state index contributed by atoms with van der Waals surface area (Å²) in [6, 6.07) is 4.99. The lowest BCUT2D eigenvalue weighted by molar-refractivity contribution is 1.22. The lowest BCUT2D eigenvalue weighted by Crippen LogP contribution is -2.04. The van der Waals surface area contributed by atoms with Gasteiger partial charge in [0.15, 0.2) is 0 Å². The largest absolute Gasteiger partial charge is 0.307 e. The summed E-state index contributed by atoms with van der Waals surface area (Å²) in [4.78, 5) is 17.6. The molecule has 2 aromatic heterocycles. The van der Waals surface area contributed by atoms with E-state index in [-0.39, 0.29) is 5.56 Å². The van der Waals surface area contributed by atoms with E-state index in [1.807, 2.05) is 6.92 Å². The maximum atomic E-state index is 11.0. The van der Waals surface area contributed by atoms with Crippen molar-refractivity contribution >= 4 is 22.6 Å². The number of rotatable bonds is 0. The third-order valence-corrected chi connectivity index (χ3v) is 2.07. The molecule has 0 amide bonds. The number of aryl methyl sites for hydroxylation is 1. The first kappa shape index (κ1) is 8.26. The number of pyridine rings is 2. The van der Waals surface area contributed by atoms with Crippen LogP contribution in [0.15, 0.2) is 23.0 Å². The van der Waals surface area contributed by atoms with Crippen molar-refractivity contribution in [3.8, 4) is 0 Å². The first-order valence-corrected chi connectivity index (χ1v) is 4.21. The van der Waals surface area contributed by atoms with E-state index in [9.17, 15) is 4.79 Å². The van der Waals surface area contributed by atoms with Crippen molar-refractivity contribution in [1.29, 1.82) is 0 Å². The fraction of sp³-hybridized carbons (Fsp3) is 0.111. The van der Waals surface area contributed by atoms with Crippen LogP contribution in [0.4, 0.5) is 0 Å². The molecule has 66 valence electrons. The molecule has 2 aromatic rings. The molecule has 0 atom stereocenters. The molecular formula is C9H7ClN2O. The third kappa shape index (κ3) is 1.42. The lowest BCUT2D eigenvalue weighted by atomic mass is 10.2. The Morgan fingerprint density at radius 3 is 3.00 bits per heavy atom. The number of H-pyrrole nitrogens is 1. The molecule has 0 aliphatic carbocycles. The standard InChI is InChI=1S/C9H7ClN2O/c1-5-4-7(10)11-9-6(5)2-3-8(13)12-9/h2-4H,1H3,(H,11,12,13). The van der Waals surface area contributed by atoms with Crippen LogP contribution in [0.3, 0.4) is 0 Å². The van der Waals surface area contributed by atoms with E-state index in [0.29, 0.717) is 10.8 Å². The normalized spacial score (nSPS) is 10.6. The molecule has 0 saturated carbocycles. The highest BCUT2D eigenvalue weighted by Crippen LogP contribution is 2.16. The maximum absolute atomic E-state index is 11.0. The fourth-order valence-electron chi connectivity index (χ4n) is 1.27. The minimum Gasteiger partial charge on any atom is -0.307 e. The predicted molar refractivity (Wildman–Crippen MR) is 52.1 cm³/mol. The zero-order valence-corrected chi connectivity index (χ0v) is 7.72. The van der Waals surface area contributed by atoms with E-state index in [1.165, 1.54) is 6.07 Å². The Kier molecular flexibility index (Phi) is 1.81. The van der Waals surface area contributed by atoms with Crippen LogP contribution in [0, 0.1) is 6.92 Å². The number of nitrogens with one attached hydrogen (secondary N) is 1. The molecule has 0 saturated heterocycles. The third-order valence-electron chi connectivity index (χ3n) is 1.88. The first-order valence-electron chi connectivity index (χ1n) is 3.83. The lowest BCUT2D eigenvalue weighted by Gasteiger charge is -2.00. The van der Waals surface area contributed by atoms with Crippen LogP contribution in [0.25, 0.3) is 11.0 Å². The van der Waals surface area contributed by atoms with Crippen LogP contribution in [-0.4, -0.2) is 9.97 Å². The fourth-order valence-corrected chi connectivity index (χ4v) is 1.51. The molecule has 0 radical (unpaired) electrons. The van der Waals surface area contributed by atoms with Crippen LogP contribution in [0.2, 0.25) is 5.15 Å². The van der Waals surface area contributed by atoms with Gasteiger partial charge in [-0.2, -0.15) is 0 Å². The molecule has 1 N–H and O–H groups in total. The van der Waals surface area contributed by atoms with E-state index in [1.54, 1.807) is 12.1 Å². The predicted octanol–water partition coefficient (Wildman–Crippen LogP) is 1.88. The minimum atomic E-state index is -0.165. The van der Waals surface area contributed by atoms with E-state index in [2.05, 4.69) is 9.97 Å². The quantitative estimate of drug-likeness (QED) is 0.651. The second kappa shape index (κ2) is 2.85. The topological polar surface area (TPSA) is 45.8 Å². The Morgan fingerprint density at radius 1 is 1.46 bits per heavy atom. The van der Waals surface area contributed by atoms with Gasteiger partial charge in [-0.3, -0.25) is 4.79 Å². The summed E-state index contributed by atoms with van der Waals surface area (Å²) in [7, 11) is 0. The zero-order chi connectivity index (χ0) is 9.42. The Balaban J connectivity index is 2.94. The van der Waals surface area contributed by atoms with Crippen LogP contribution in [0.5, 0.6) is 0 Å². The number of nitrogens with zero attached hydrogens (tertiary/aromatic N) is 1. The SMILES string of the molecule is Cc1cc(Cl)nc2[nH]c(=O)ccc12. The number of aromatic amines is 1. The number of halogens is 1. The van der Waals surface area contributed by atoms with Gasteiger partial charge in [0.25, 0.3) is 0 Å². The van der Waals surface area contributed by atoms with Gasteiger partial charge >= 0.3 is 0 Å². The molecular weight excluding hydrogens is 188 g/mol. The van der Waals surface area contributed by atoms with E-state index < -0.39 is 0 Å². The molecule has 0 aromatic carbocycles.